The minimum atomic E-state index is -2.51. The predicted molar refractivity (Wildman–Crippen MR) is 126 cm³/mol. The molecule has 3 rings (SSSR count). The van der Waals surface area contributed by atoms with Gasteiger partial charge in [0, 0.05) is 31.9 Å². The van der Waals surface area contributed by atoms with Gasteiger partial charge in [0.05, 0.1) is 6.54 Å². The van der Waals surface area contributed by atoms with Crippen molar-refractivity contribution in [1.82, 2.24) is 15.6 Å². The lowest BCUT2D eigenvalue weighted by atomic mass is 10.2. The average Bonchev–Trinajstić information content (AvgIpc) is 3.19. The second-order valence-electron chi connectivity index (χ2n) is 6.93. The van der Waals surface area contributed by atoms with Crippen molar-refractivity contribution in [3.05, 3.63) is 54.0 Å². The van der Waals surface area contributed by atoms with Crippen molar-refractivity contribution in [2.75, 3.05) is 31.1 Å². The second kappa shape index (κ2) is 12.6. The second-order valence-corrected chi connectivity index (χ2v) is 6.93. The molecule has 170 valence electrons. The van der Waals surface area contributed by atoms with Gasteiger partial charge in [0.2, 0.25) is 0 Å². The largest absolute Gasteiger partial charge is 0.488 e. The monoisotopic (exact) mass is 549 g/mol. The maximum absolute atomic E-state index is 14.0. The topological polar surface area (TPSA) is 61.8 Å². The molecule has 1 aliphatic heterocycles. The first kappa shape index (κ1) is 25.0. The van der Waals surface area contributed by atoms with E-state index in [1.54, 1.807) is 30.5 Å². The Morgan fingerprint density at radius 3 is 2.90 bits per heavy atom. The molecule has 1 aliphatic rings. The van der Waals surface area contributed by atoms with Crippen LogP contribution in [-0.4, -0.2) is 49.7 Å². The van der Waals surface area contributed by atoms with E-state index >= 15 is 0 Å². The van der Waals surface area contributed by atoms with Crippen LogP contribution in [0.4, 0.5) is 19.0 Å². The molecule has 0 bridgehead atoms. The summed E-state index contributed by atoms with van der Waals surface area (Å²) in [6, 6.07) is 10.1. The summed E-state index contributed by atoms with van der Waals surface area (Å²) in [4.78, 5) is 10.6. The van der Waals surface area contributed by atoms with Crippen LogP contribution in [0.5, 0.6) is 5.75 Å². The molecule has 2 N–H and O–H groups in total. The van der Waals surface area contributed by atoms with Crippen LogP contribution in [-0.2, 0) is 6.54 Å². The molecule has 1 fully saturated rings. The summed E-state index contributed by atoms with van der Waals surface area (Å²) in [5, 5.41) is 6.58. The molecule has 0 spiro atoms. The number of halogens is 4. The van der Waals surface area contributed by atoms with Crippen LogP contribution in [0.1, 0.15) is 18.9 Å². The molecule has 6 nitrogen and oxygen atoms in total. The van der Waals surface area contributed by atoms with Crippen LogP contribution < -0.4 is 20.3 Å². The maximum atomic E-state index is 14.0. The number of hydrogen-bond acceptors (Lipinski definition) is 4. The summed E-state index contributed by atoms with van der Waals surface area (Å²) in [7, 11) is 0. The Kier molecular flexibility index (Phi) is 10.2. The van der Waals surface area contributed by atoms with Gasteiger partial charge in [-0.25, -0.2) is 23.1 Å². The van der Waals surface area contributed by atoms with Crippen LogP contribution in [0.3, 0.4) is 0 Å². The molecule has 1 atom stereocenters. The van der Waals surface area contributed by atoms with Crippen molar-refractivity contribution in [3.8, 4) is 5.75 Å². The first-order valence-corrected chi connectivity index (χ1v) is 9.95. The highest BCUT2D eigenvalue weighted by atomic mass is 127. The van der Waals surface area contributed by atoms with Crippen molar-refractivity contribution in [1.29, 1.82) is 0 Å². The predicted octanol–water partition coefficient (Wildman–Crippen LogP) is 3.82. The fourth-order valence-corrected chi connectivity index (χ4v) is 3.26. The normalized spacial score (nSPS) is 16.2. The minimum absolute atomic E-state index is 0. The summed E-state index contributed by atoms with van der Waals surface area (Å²) < 4.78 is 43.7. The van der Waals surface area contributed by atoms with E-state index in [9.17, 15) is 13.2 Å². The van der Waals surface area contributed by atoms with Crippen molar-refractivity contribution in [2.24, 2.45) is 4.99 Å². The number of alkyl halides is 2. The molecular weight excluding hydrogens is 522 g/mol. The number of anilines is 1. The van der Waals surface area contributed by atoms with Gasteiger partial charge in [-0.05, 0) is 43.2 Å². The third-order valence-electron chi connectivity index (χ3n) is 4.61. The number of pyridine rings is 1. The Bertz CT molecular complexity index is 855. The van der Waals surface area contributed by atoms with E-state index in [0.717, 1.165) is 12.0 Å². The third kappa shape index (κ3) is 7.75. The van der Waals surface area contributed by atoms with Crippen molar-refractivity contribution in [3.63, 3.8) is 0 Å². The minimum Gasteiger partial charge on any atom is -0.488 e. The molecule has 10 heteroatoms. The Morgan fingerprint density at radius 1 is 1.32 bits per heavy atom. The smallest absolute Gasteiger partial charge is 0.272 e. The van der Waals surface area contributed by atoms with Gasteiger partial charge >= 0.3 is 0 Å². The third-order valence-corrected chi connectivity index (χ3v) is 4.61. The number of benzene rings is 1. The molecular formula is C21H27F3IN5O. The lowest BCUT2D eigenvalue weighted by Crippen LogP contribution is -2.44. The van der Waals surface area contributed by atoms with Gasteiger partial charge in [0.15, 0.2) is 17.6 Å². The fourth-order valence-electron chi connectivity index (χ4n) is 3.26. The lowest BCUT2D eigenvalue weighted by molar-refractivity contribution is 0.0818. The van der Waals surface area contributed by atoms with Gasteiger partial charge in [-0.1, -0.05) is 12.1 Å². The summed E-state index contributed by atoms with van der Waals surface area (Å²) in [5.74, 6) is 1.08. The number of rotatable bonds is 8. The van der Waals surface area contributed by atoms with E-state index < -0.39 is 13.0 Å². The first-order chi connectivity index (χ1) is 14.5. The Morgan fingerprint density at radius 2 is 2.16 bits per heavy atom. The van der Waals surface area contributed by atoms with Crippen LogP contribution in [0.25, 0.3) is 0 Å². The summed E-state index contributed by atoms with van der Waals surface area (Å²) in [6.45, 7) is 3.72. The average molecular weight is 549 g/mol. The summed E-state index contributed by atoms with van der Waals surface area (Å²) >= 11 is 0. The number of nitrogens with one attached hydrogen (secondary N) is 2. The van der Waals surface area contributed by atoms with Gasteiger partial charge in [-0.15, -0.1) is 24.0 Å². The van der Waals surface area contributed by atoms with Crippen molar-refractivity contribution < 1.29 is 17.9 Å². The van der Waals surface area contributed by atoms with Gasteiger partial charge < -0.3 is 20.3 Å². The SMILES string of the molecule is CCNC(=NCc1cccc(OCC(F)F)c1)NC1CCN(c2ncccc2F)C1.I. The summed E-state index contributed by atoms with van der Waals surface area (Å²) in [5.41, 5.74) is 0.850. The Balaban J connectivity index is 0.00000341. The Labute approximate surface area is 197 Å². The number of hydrogen-bond donors (Lipinski definition) is 2. The lowest BCUT2D eigenvalue weighted by Gasteiger charge is -2.20. The zero-order valence-electron chi connectivity index (χ0n) is 17.2. The fraction of sp³-hybridized carbons (Fsp3) is 0.429. The zero-order valence-corrected chi connectivity index (χ0v) is 19.6. The van der Waals surface area contributed by atoms with Crippen molar-refractivity contribution >= 4 is 35.8 Å². The zero-order chi connectivity index (χ0) is 21.3. The molecule has 31 heavy (non-hydrogen) atoms. The molecule has 2 heterocycles. The van der Waals surface area contributed by atoms with Gasteiger partial charge in [-0.2, -0.15) is 0 Å². The van der Waals surface area contributed by atoms with Crippen molar-refractivity contribution in [2.45, 2.75) is 32.4 Å². The van der Waals surface area contributed by atoms with Crippen LogP contribution in [0.15, 0.2) is 47.6 Å². The van der Waals surface area contributed by atoms with E-state index in [2.05, 4.69) is 20.6 Å². The van der Waals surface area contributed by atoms with Gasteiger partial charge in [0.1, 0.15) is 12.4 Å². The molecule has 1 aromatic heterocycles. The number of nitrogens with zero attached hydrogens (tertiary/aromatic N) is 3. The first-order valence-electron chi connectivity index (χ1n) is 9.95. The molecule has 0 saturated carbocycles. The van der Waals surface area contributed by atoms with E-state index in [4.69, 9.17) is 4.74 Å². The number of aromatic nitrogens is 1. The number of guanidine groups is 1. The molecule has 2 aromatic rings. The number of aliphatic imine (C=N–C) groups is 1. The van der Waals surface area contributed by atoms with Crippen LogP contribution >= 0.6 is 24.0 Å². The van der Waals surface area contributed by atoms with E-state index in [0.29, 0.717) is 43.7 Å². The standard InChI is InChI=1S/C21H26F3N5O.HI/c1-2-25-21(27-12-15-5-3-6-17(11-15)30-14-19(23)24)28-16-8-10-29(13-16)20-18(22)7-4-9-26-20;/h3-7,9,11,16,19H,2,8,10,12-14H2,1H3,(H2,25,27,28);1H. The van der Waals surface area contributed by atoms with E-state index in [1.165, 1.54) is 6.07 Å². The molecule has 1 aromatic carbocycles. The highest BCUT2D eigenvalue weighted by Gasteiger charge is 2.25. The van der Waals surface area contributed by atoms with Gasteiger partial charge in [-0.3, -0.25) is 0 Å². The molecule has 0 aliphatic carbocycles. The quantitative estimate of drug-likeness (QED) is 0.298. The van der Waals surface area contributed by atoms with E-state index in [-0.39, 0.29) is 35.8 Å². The van der Waals surface area contributed by atoms with Crippen LogP contribution in [0, 0.1) is 5.82 Å². The molecule has 1 saturated heterocycles. The van der Waals surface area contributed by atoms with Crippen LogP contribution in [0.2, 0.25) is 0 Å². The summed E-state index contributed by atoms with van der Waals surface area (Å²) in [6.07, 6.45) is -0.0944. The Hall–Kier alpha value is -2.24. The maximum Gasteiger partial charge on any atom is 0.272 e. The highest BCUT2D eigenvalue weighted by molar-refractivity contribution is 14.0. The molecule has 1 unspecified atom stereocenters. The van der Waals surface area contributed by atoms with Gasteiger partial charge in [0.25, 0.3) is 6.43 Å². The molecule has 0 amide bonds. The van der Waals surface area contributed by atoms with E-state index in [1.807, 2.05) is 17.9 Å². The molecule has 0 radical (unpaired) electrons. The number of ether oxygens (including phenoxy) is 1. The highest BCUT2D eigenvalue weighted by Crippen LogP contribution is 2.21.